The highest BCUT2D eigenvalue weighted by Gasteiger charge is 2.16. The number of allylic oxidation sites excluding steroid dienone is 2. The third kappa shape index (κ3) is 4.01. The van der Waals surface area contributed by atoms with Crippen LogP contribution in [0.25, 0.3) is 22.0 Å². The highest BCUT2D eigenvalue weighted by atomic mass is 15.1. The van der Waals surface area contributed by atoms with Gasteiger partial charge < -0.3 is 4.57 Å². The van der Waals surface area contributed by atoms with Gasteiger partial charge in [0.25, 0.3) is 0 Å². The lowest BCUT2D eigenvalue weighted by Gasteiger charge is -2.13. The molecule has 0 amide bonds. The van der Waals surface area contributed by atoms with Gasteiger partial charge in [-0.2, -0.15) is 0 Å². The van der Waals surface area contributed by atoms with Gasteiger partial charge in [-0.3, -0.25) is 4.90 Å². The molecule has 0 spiro atoms. The molecule has 2 nitrogen and oxygen atoms in total. The van der Waals surface area contributed by atoms with E-state index in [1.165, 1.54) is 64.7 Å². The molecule has 2 heteroatoms. The molecule has 2 aromatic carbocycles. The maximum absolute atomic E-state index is 2.60. The number of nitrogens with zero attached hydrogens (tertiary/aromatic N) is 2. The zero-order valence-corrected chi connectivity index (χ0v) is 16.8. The molecule has 0 aliphatic carbocycles. The SMILES string of the molecule is CC(C)=CCn1cc(CN2CCCC2)c2cc(-c3cccc(C)c3)ccc21. The molecule has 0 atom stereocenters. The molecule has 2 heterocycles. The monoisotopic (exact) mass is 358 g/mol. The number of hydrogen-bond acceptors (Lipinski definition) is 1. The Labute approximate surface area is 163 Å². The summed E-state index contributed by atoms with van der Waals surface area (Å²) >= 11 is 0. The predicted octanol–water partition coefficient (Wildman–Crippen LogP) is 6.18. The van der Waals surface area contributed by atoms with Crippen LogP contribution in [-0.2, 0) is 13.1 Å². The Morgan fingerprint density at radius 3 is 2.52 bits per heavy atom. The maximum atomic E-state index is 2.60. The standard InChI is InChI=1S/C25H30N2/c1-19(2)11-14-27-18-23(17-26-12-4-5-13-26)24-16-22(9-10-25(24)27)21-8-6-7-20(3)15-21/h6-11,15-16,18H,4-5,12-14,17H2,1-3H3. The van der Waals surface area contributed by atoms with Crippen LogP contribution in [0.4, 0.5) is 0 Å². The second-order valence-corrected chi connectivity index (χ2v) is 8.17. The number of hydrogen-bond donors (Lipinski definition) is 0. The van der Waals surface area contributed by atoms with Gasteiger partial charge in [-0.25, -0.2) is 0 Å². The van der Waals surface area contributed by atoms with Crippen molar-refractivity contribution in [2.45, 2.75) is 46.7 Å². The van der Waals surface area contributed by atoms with Crippen LogP contribution in [0.3, 0.4) is 0 Å². The molecule has 1 aliphatic rings. The van der Waals surface area contributed by atoms with E-state index in [0.29, 0.717) is 0 Å². The first kappa shape index (κ1) is 18.1. The Hall–Kier alpha value is -2.32. The van der Waals surface area contributed by atoms with E-state index < -0.39 is 0 Å². The lowest BCUT2D eigenvalue weighted by molar-refractivity contribution is 0.332. The topological polar surface area (TPSA) is 8.17 Å². The molecule has 1 fully saturated rings. The molecule has 140 valence electrons. The minimum Gasteiger partial charge on any atom is -0.343 e. The second kappa shape index (κ2) is 7.74. The van der Waals surface area contributed by atoms with E-state index >= 15 is 0 Å². The van der Waals surface area contributed by atoms with Gasteiger partial charge in [0, 0.05) is 30.2 Å². The Kier molecular flexibility index (Phi) is 5.18. The van der Waals surface area contributed by atoms with E-state index in [9.17, 15) is 0 Å². The van der Waals surface area contributed by atoms with Crippen molar-refractivity contribution in [1.29, 1.82) is 0 Å². The van der Waals surface area contributed by atoms with Crippen molar-refractivity contribution in [2.24, 2.45) is 0 Å². The number of aryl methyl sites for hydroxylation is 1. The molecule has 0 bridgehead atoms. The summed E-state index contributed by atoms with van der Waals surface area (Å²) < 4.78 is 2.41. The Morgan fingerprint density at radius 2 is 1.78 bits per heavy atom. The van der Waals surface area contributed by atoms with Crippen molar-refractivity contribution in [3.05, 3.63) is 71.4 Å². The number of rotatable bonds is 5. The Morgan fingerprint density at radius 1 is 1.00 bits per heavy atom. The molecule has 27 heavy (non-hydrogen) atoms. The van der Waals surface area contributed by atoms with Crippen molar-refractivity contribution in [2.75, 3.05) is 13.1 Å². The summed E-state index contributed by atoms with van der Waals surface area (Å²) in [6, 6.07) is 15.8. The van der Waals surface area contributed by atoms with E-state index in [1.807, 2.05) is 0 Å². The summed E-state index contributed by atoms with van der Waals surface area (Å²) in [7, 11) is 0. The van der Waals surface area contributed by atoms with Crippen LogP contribution in [-0.4, -0.2) is 22.6 Å². The van der Waals surface area contributed by atoms with Crippen molar-refractivity contribution >= 4 is 10.9 Å². The Balaban J connectivity index is 1.77. The van der Waals surface area contributed by atoms with E-state index in [4.69, 9.17) is 0 Å². The van der Waals surface area contributed by atoms with E-state index in [0.717, 1.165) is 13.1 Å². The van der Waals surface area contributed by atoms with Crippen molar-refractivity contribution in [1.82, 2.24) is 9.47 Å². The zero-order valence-electron chi connectivity index (χ0n) is 16.8. The highest BCUT2D eigenvalue weighted by Crippen LogP contribution is 2.30. The molecule has 4 rings (SSSR count). The second-order valence-electron chi connectivity index (χ2n) is 8.17. The third-order valence-corrected chi connectivity index (χ3v) is 5.60. The van der Waals surface area contributed by atoms with Crippen LogP contribution < -0.4 is 0 Å². The first-order valence-electron chi connectivity index (χ1n) is 10.1. The highest BCUT2D eigenvalue weighted by molar-refractivity contribution is 5.88. The molecular weight excluding hydrogens is 328 g/mol. The molecule has 0 radical (unpaired) electrons. The quantitative estimate of drug-likeness (QED) is 0.495. The van der Waals surface area contributed by atoms with Gasteiger partial charge in [-0.05, 0) is 75.5 Å². The summed E-state index contributed by atoms with van der Waals surface area (Å²) in [5.74, 6) is 0. The number of likely N-dealkylation sites (tertiary alicyclic amines) is 1. The van der Waals surface area contributed by atoms with E-state index in [-0.39, 0.29) is 0 Å². The van der Waals surface area contributed by atoms with E-state index in [1.54, 1.807) is 0 Å². The molecule has 1 saturated heterocycles. The van der Waals surface area contributed by atoms with Crippen LogP contribution in [0.15, 0.2) is 60.3 Å². The van der Waals surface area contributed by atoms with Gasteiger partial charge in [-0.1, -0.05) is 47.5 Å². The zero-order chi connectivity index (χ0) is 18.8. The molecule has 1 aliphatic heterocycles. The largest absolute Gasteiger partial charge is 0.343 e. The smallest absolute Gasteiger partial charge is 0.0487 e. The summed E-state index contributed by atoms with van der Waals surface area (Å²) in [6.45, 7) is 11.0. The van der Waals surface area contributed by atoms with Crippen molar-refractivity contribution in [3.8, 4) is 11.1 Å². The summed E-state index contributed by atoms with van der Waals surface area (Å²) in [6.07, 6.45) is 7.37. The third-order valence-electron chi connectivity index (χ3n) is 5.60. The lowest BCUT2D eigenvalue weighted by Crippen LogP contribution is -2.18. The van der Waals surface area contributed by atoms with Gasteiger partial charge in [0.05, 0.1) is 0 Å². The fraction of sp³-hybridized carbons (Fsp3) is 0.360. The normalized spacial score (nSPS) is 14.8. The molecule has 3 aromatic rings. The maximum Gasteiger partial charge on any atom is 0.0487 e. The van der Waals surface area contributed by atoms with Gasteiger partial charge >= 0.3 is 0 Å². The average Bonchev–Trinajstić information content (AvgIpc) is 3.28. The molecule has 1 aromatic heterocycles. The lowest BCUT2D eigenvalue weighted by atomic mass is 10.0. The van der Waals surface area contributed by atoms with Gasteiger partial charge in [0.1, 0.15) is 0 Å². The number of fused-ring (bicyclic) bond motifs is 1. The van der Waals surface area contributed by atoms with Crippen LogP contribution in [0.1, 0.15) is 37.8 Å². The number of aromatic nitrogens is 1. The van der Waals surface area contributed by atoms with Gasteiger partial charge in [0.2, 0.25) is 0 Å². The minimum absolute atomic E-state index is 0.947. The number of benzene rings is 2. The van der Waals surface area contributed by atoms with Gasteiger partial charge in [0.15, 0.2) is 0 Å². The first-order valence-corrected chi connectivity index (χ1v) is 10.1. The summed E-state index contributed by atoms with van der Waals surface area (Å²) in [5.41, 5.74) is 8.11. The van der Waals surface area contributed by atoms with E-state index in [2.05, 4.69) is 85.0 Å². The molecule has 0 saturated carbocycles. The van der Waals surface area contributed by atoms with Gasteiger partial charge in [-0.15, -0.1) is 0 Å². The van der Waals surface area contributed by atoms with Crippen LogP contribution in [0.2, 0.25) is 0 Å². The Bertz CT molecular complexity index is 967. The predicted molar refractivity (Wildman–Crippen MR) is 116 cm³/mol. The molecule has 0 N–H and O–H groups in total. The van der Waals surface area contributed by atoms with Crippen molar-refractivity contribution in [3.63, 3.8) is 0 Å². The van der Waals surface area contributed by atoms with Crippen LogP contribution in [0.5, 0.6) is 0 Å². The first-order chi connectivity index (χ1) is 13.1. The minimum atomic E-state index is 0.947. The average molecular weight is 359 g/mol. The van der Waals surface area contributed by atoms with Crippen LogP contribution >= 0.6 is 0 Å². The molecular formula is C25H30N2. The summed E-state index contributed by atoms with van der Waals surface area (Å²) in [5, 5.41) is 1.41. The van der Waals surface area contributed by atoms with Crippen molar-refractivity contribution < 1.29 is 0 Å². The summed E-state index contributed by atoms with van der Waals surface area (Å²) in [4.78, 5) is 2.60. The fourth-order valence-corrected chi connectivity index (χ4v) is 4.11. The van der Waals surface area contributed by atoms with Crippen LogP contribution in [0, 0.1) is 6.92 Å². The fourth-order valence-electron chi connectivity index (χ4n) is 4.11. The molecule has 0 unspecified atom stereocenters.